The number of imide groups is 1. The third-order valence-corrected chi connectivity index (χ3v) is 4.45. The SMILES string of the molecule is Cc1ccc(C[C@@H]2CC(=O)N(c3cc(C)ccc3C)C2=O)cc1. The second kappa shape index (κ2) is 5.99. The summed E-state index contributed by atoms with van der Waals surface area (Å²) in [6.07, 6.45) is 0.909. The summed E-state index contributed by atoms with van der Waals surface area (Å²) in [5.74, 6) is -0.435. The van der Waals surface area contributed by atoms with Gasteiger partial charge in [0.05, 0.1) is 11.6 Å². The highest BCUT2D eigenvalue weighted by molar-refractivity contribution is 6.21. The Labute approximate surface area is 136 Å². The highest BCUT2D eigenvalue weighted by Crippen LogP contribution is 2.31. The molecule has 0 spiro atoms. The van der Waals surface area contributed by atoms with Crippen LogP contribution in [0.1, 0.15) is 28.7 Å². The summed E-state index contributed by atoms with van der Waals surface area (Å²) in [6.45, 7) is 5.94. The standard InChI is InChI=1S/C20H21NO2/c1-13-5-8-16(9-6-13)11-17-12-19(22)21(20(17)23)18-10-14(2)4-7-15(18)3/h4-10,17H,11-12H2,1-3H3/t17-/m1/s1. The van der Waals surface area contributed by atoms with Crippen molar-refractivity contribution >= 4 is 17.5 Å². The summed E-state index contributed by atoms with van der Waals surface area (Å²) < 4.78 is 0. The molecular weight excluding hydrogens is 286 g/mol. The highest BCUT2D eigenvalue weighted by atomic mass is 16.2. The molecule has 1 saturated heterocycles. The van der Waals surface area contributed by atoms with E-state index >= 15 is 0 Å². The number of hydrogen-bond donors (Lipinski definition) is 0. The quantitative estimate of drug-likeness (QED) is 0.810. The number of amides is 2. The van der Waals surface area contributed by atoms with E-state index in [1.165, 1.54) is 10.5 Å². The second-order valence-electron chi connectivity index (χ2n) is 6.45. The van der Waals surface area contributed by atoms with E-state index in [0.717, 1.165) is 22.4 Å². The molecule has 1 atom stereocenters. The Hall–Kier alpha value is -2.42. The number of carbonyl (C=O) groups excluding carboxylic acids is 2. The van der Waals surface area contributed by atoms with Gasteiger partial charge in [-0.3, -0.25) is 14.5 Å². The van der Waals surface area contributed by atoms with E-state index in [-0.39, 0.29) is 17.7 Å². The zero-order valence-corrected chi connectivity index (χ0v) is 13.8. The number of aryl methyl sites for hydroxylation is 3. The Bertz CT molecular complexity index is 762. The fourth-order valence-corrected chi connectivity index (χ4v) is 3.08. The largest absolute Gasteiger partial charge is 0.274 e. The maximum absolute atomic E-state index is 12.8. The van der Waals surface area contributed by atoms with Crippen LogP contribution in [0.15, 0.2) is 42.5 Å². The fourth-order valence-electron chi connectivity index (χ4n) is 3.08. The molecular formula is C20H21NO2. The van der Waals surface area contributed by atoms with Gasteiger partial charge < -0.3 is 0 Å². The highest BCUT2D eigenvalue weighted by Gasteiger charge is 2.39. The molecule has 1 fully saturated rings. The van der Waals surface area contributed by atoms with Crippen molar-refractivity contribution < 1.29 is 9.59 Å². The van der Waals surface area contributed by atoms with E-state index in [1.54, 1.807) is 0 Å². The summed E-state index contributed by atoms with van der Waals surface area (Å²) in [5.41, 5.74) is 5.03. The van der Waals surface area contributed by atoms with E-state index < -0.39 is 0 Å². The lowest BCUT2D eigenvalue weighted by molar-refractivity contribution is -0.122. The van der Waals surface area contributed by atoms with Crippen molar-refractivity contribution in [3.8, 4) is 0 Å². The first-order valence-electron chi connectivity index (χ1n) is 7.95. The number of benzene rings is 2. The van der Waals surface area contributed by atoms with Gasteiger partial charge in [-0.25, -0.2) is 0 Å². The van der Waals surface area contributed by atoms with Gasteiger partial charge in [-0.1, -0.05) is 42.0 Å². The summed E-state index contributed by atoms with van der Waals surface area (Å²) >= 11 is 0. The molecule has 0 N–H and O–H groups in total. The van der Waals surface area contributed by atoms with Crippen molar-refractivity contribution in [2.24, 2.45) is 5.92 Å². The Balaban J connectivity index is 1.85. The van der Waals surface area contributed by atoms with Crippen molar-refractivity contribution in [2.75, 3.05) is 4.90 Å². The van der Waals surface area contributed by atoms with Crippen molar-refractivity contribution in [1.29, 1.82) is 0 Å². The molecule has 23 heavy (non-hydrogen) atoms. The van der Waals surface area contributed by atoms with Crippen LogP contribution in [0, 0.1) is 26.7 Å². The van der Waals surface area contributed by atoms with Crippen LogP contribution in [-0.4, -0.2) is 11.8 Å². The normalized spacial score (nSPS) is 17.9. The first-order valence-corrected chi connectivity index (χ1v) is 7.95. The number of hydrogen-bond acceptors (Lipinski definition) is 2. The van der Waals surface area contributed by atoms with Gasteiger partial charge in [0.25, 0.3) is 0 Å². The summed E-state index contributed by atoms with van der Waals surface area (Å²) in [4.78, 5) is 26.5. The molecule has 0 aliphatic carbocycles. The van der Waals surface area contributed by atoms with Crippen LogP contribution in [0.25, 0.3) is 0 Å². The summed E-state index contributed by atoms with van der Waals surface area (Å²) in [5, 5.41) is 0. The summed E-state index contributed by atoms with van der Waals surface area (Å²) in [7, 11) is 0. The van der Waals surface area contributed by atoms with Crippen molar-refractivity contribution in [3.63, 3.8) is 0 Å². The lowest BCUT2D eigenvalue weighted by Crippen LogP contribution is -2.31. The Kier molecular flexibility index (Phi) is 4.03. The molecule has 3 nitrogen and oxygen atoms in total. The van der Waals surface area contributed by atoms with Crippen LogP contribution in [-0.2, 0) is 16.0 Å². The third kappa shape index (κ3) is 3.04. The van der Waals surface area contributed by atoms with Crippen molar-refractivity contribution in [2.45, 2.75) is 33.6 Å². The Morgan fingerprint density at radius 1 is 0.957 bits per heavy atom. The second-order valence-corrected chi connectivity index (χ2v) is 6.45. The molecule has 0 aromatic heterocycles. The van der Waals surface area contributed by atoms with E-state index in [4.69, 9.17) is 0 Å². The monoisotopic (exact) mass is 307 g/mol. The third-order valence-electron chi connectivity index (χ3n) is 4.45. The molecule has 3 rings (SSSR count). The molecule has 118 valence electrons. The lowest BCUT2D eigenvalue weighted by atomic mass is 9.97. The van der Waals surface area contributed by atoms with Crippen molar-refractivity contribution in [3.05, 3.63) is 64.7 Å². The van der Waals surface area contributed by atoms with Gasteiger partial charge in [-0.05, 0) is 49.9 Å². The van der Waals surface area contributed by atoms with Gasteiger partial charge >= 0.3 is 0 Å². The van der Waals surface area contributed by atoms with E-state index in [9.17, 15) is 9.59 Å². The number of carbonyl (C=O) groups is 2. The van der Waals surface area contributed by atoms with Crippen molar-refractivity contribution in [1.82, 2.24) is 0 Å². The molecule has 1 aliphatic rings. The minimum absolute atomic E-state index is 0.0794. The Morgan fingerprint density at radius 3 is 2.30 bits per heavy atom. The number of rotatable bonds is 3. The molecule has 1 heterocycles. The molecule has 2 aromatic carbocycles. The molecule has 0 saturated carbocycles. The number of anilines is 1. The minimum Gasteiger partial charge on any atom is -0.274 e. The Morgan fingerprint density at radius 2 is 1.61 bits per heavy atom. The van der Waals surface area contributed by atoms with Gasteiger partial charge in [0.15, 0.2) is 0 Å². The van der Waals surface area contributed by atoms with E-state index in [2.05, 4.69) is 0 Å². The maximum atomic E-state index is 12.8. The van der Waals surface area contributed by atoms with Crippen LogP contribution >= 0.6 is 0 Å². The van der Waals surface area contributed by atoms with Crippen LogP contribution < -0.4 is 4.90 Å². The van der Waals surface area contributed by atoms with Crippen LogP contribution in [0.2, 0.25) is 0 Å². The molecule has 0 radical (unpaired) electrons. The minimum atomic E-state index is -0.259. The topological polar surface area (TPSA) is 37.4 Å². The average molecular weight is 307 g/mol. The predicted octanol–water partition coefficient (Wildman–Crippen LogP) is 3.73. The zero-order chi connectivity index (χ0) is 16.6. The molecule has 2 aromatic rings. The first-order chi connectivity index (χ1) is 11.0. The van der Waals surface area contributed by atoms with Gasteiger partial charge in [0.2, 0.25) is 11.8 Å². The lowest BCUT2D eigenvalue weighted by Gasteiger charge is -2.18. The van der Waals surface area contributed by atoms with Crippen LogP contribution in [0.3, 0.4) is 0 Å². The smallest absolute Gasteiger partial charge is 0.237 e. The molecule has 0 bridgehead atoms. The summed E-state index contributed by atoms with van der Waals surface area (Å²) in [6, 6.07) is 14.0. The molecule has 3 heteroatoms. The average Bonchev–Trinajstić information content (AvgIpc) is 2.78. The molecule has 1 aliphatic heterocycles. The van der Waals surface area contributed by atoms with Gasteiger partial charge in [-0.2, -0.15) is 0 Å². The zero-order valence-electron chi connectivity index (χ0n) is 13.8. The van der Waals surface area contributed by atoms with Crippen LogP contribution in [0.4, 0.5) is 5.69 Å². The fraction of sp³-hybridized carbons (Fsp3) is 0.300. The molecule has 0 unspecified atom stereocenters. The van der Waals surface area contributed by atoms with E-state index in [1.807, 2.05) is 63.2 Å². The van der Waals surface area contributed by atoms with Gasteiger partial charge in [-0.15, -0.1) is 0 Å². The predicted molar refractivity (Wildman–Crippen MR) is 91.4 cm³/mol. The number of nitrogens with zero attached hydrogens (tertiary/aromatic N) is 1. The van der Waals surface area contributed by atoms with E-state index in [0.29, 0.717) is 12.8 Å². The van der Waals surface area contributed by atoms with Crippen LogP contribution in [0.5, 0.6) is 0 Å². The molecule has 2 amide bonds. The van der Waals surface area contributed by atoms with Gasteiger partial charge in [0.1, 0.15) is 0 Å². The first kappa shape index (κ1) is 15.5. The van der Waals surface area contributed by atoms with Gasteiger partial charge in [0, 0.05) is 6.42 Å². The maximum Gasteiger partial charge on any atom is 0.237 e.